The van der Waals surface area contributed by atoms with Gasteiger partial charge in [-0.1, -0.05) is 0 Å². The van der Waals surface area contributed by atoms with E-state index in [1.807, 2.05) is 0 Å². The van der Waals surface area contributed by atoms with Gasteiger partial charge in [0.2, 0.25) is 5.88 Å². The summed E-state index contributed by atoms with van der Waals surface area (Å²) in [4.78, 5) is 23.7. The van der Waals surface area contributed by atoms with Crippen LogP contribution in [0.4, 0.5) is 0 Å². The highest BCUT2D eigenvalue weighted by molar-refractivity contribution is 5.89. The van der Waals surface area contributed by atoms with Crippen molar-refractivity contribution < 1.29 is 24.6 Å². The van der Waals surface area contributed by atoms with Crippen LogP contribution >= 0.6 is 0 Å². The molecular formula is C8H10N2O5. The van der Waals surface area contributed by atoms with Gasteiger partial charge in [-0.05, 0) is 6.08 Å². The maximum Gasteiger partial charge on any atom is 0.328 e. The number of nitrogens with one attached hydrogen (secondary N) is 1. The van der Waals surface area contributed by atoms with E-state index in [0.29, 0.717) is 18.0 Å². The van der Waals surface area contributed by atoms with Crippen LogP contribution in [-0.2, 0) is 14.4 Å². The SMILES string of the molecule is NC1=CC=CNO1.O=C(O)/C=C\C(=O)O. The molecule has 0 radical (unpaired) electrons. The molecule has 0 fully saturated rings. The van der Waals surface area contributed by atoms with Gasteiger partial charge in [0.1, 0.15) is 0 Å². The maximum absolute atomic E-state index is 9.55. The summed E-state index contributed by atoms with van der Waals surface area (Å²) in [7, 11) is 0. The molecule has 0 spiro atoms. The number of rotatable bonds is 2. The van der Waals surface area contributed by atoms with E-state index in [-0.39, 0.29) is 0 Å². The number of carboxylic acid groups (broad SMARTS) is 2. The molecule has 15 heavy (non-hydrogen) atoms. The van der Waals surface area contributed by atoms with E-state index in [4.69, 9.17) is 15.9 Å². The Kier molecular flexibility index (Phi) is 5.87. The third-order valence-electron chi connectivity index (χ3n) is 0.970. The Bertz CT molecular complexity index is 303. The molecule has 0 aromatic rings. The summed E-state index contributed by atoms with van der Waals surface area (Å²) < 4.78 is 0. The lowest BCUT2D eigenvalue weighted by molar-refractivity contribution is -0.134. The average molecular weight is 214 g/mol. The van der Waals surface area contributed by atoms with Gasteiger partial charge in [-0.15, -0.1) is 0 Å². The third kappa shape index (κ3) is 9.47. The van der Waals surface area contributed by atoms with Crippen molar-refractivity contribution in [3.8, 4) is 0 Å². The smallest absolute Gasteiger partial charge is 0.328 e. The number of nitrogens with two attached hydrogens (primary N) is 1. The van der Waals surface area contributed by atoms with Crippen molar-refractivity contribution in [2.24, 2.45) is 5.73 Å². The molecule has 7 nitrogen and oxygen atoms in total. The predicted molar refractivity (Wildman–Crippen MR) is 50.0 cm³/mol. The normalized spacial score (nSPS) is 12.9. The summed E-state index contributed by atoms with van der Waals surface area (Å²) in [6.45, 7) is 0. The molecule has 0 aromatic heterocycles. The molecule has 0 saturated heterocycles. The standard InChI is InChI=1S/C4H6N2O.C4H4O4/c5-4-2-1-3-6-7-4;5-3(6)1-2-4(7)8/h1-3,6H,5H2;1-2H,(H,5,6)(H,7,8)/b;2-1-. The van der Waals surface area contributed by atoms with Crippen LogP contribution in [0.1, 0.15) is 0 Å². The zero-order valence-corrected chi connectivity index (χ0v) is 7.58. The van der Waals surface area contributed by atoms with Crippen molar-refractivity contribution in [1.82, 2.24) is 5.48 Å². The van der Waals surface area contributed by atoms with E-state index < -0.39 is 11.9 Å². The second-order valence-corrected chi connectivity index (χ2v) is 2.16. The fraction of sp³-hybridized carbons (Fsp3) is 0. The summed E-state index contributed by atoms with van der Waals surface area (Å²) in [5.74, 6) is -2.12. The minimum atomic E-state index is -1.26. The van der Waals surface area contributed by atoms with Gasteiger partial charge in [-0.25, -0.2) is 15.1 Å². The molecule has 0 atom stereocenters. The van der Waals surface area contributed by atoms with Crippen molar-refractivity contribution in [3.05, 3.63) is 36.4 Å². The summed E-state index contributed by atoms with van der Waals surface area (Å²) in [6, 6.07) is 0. The van der Waals surface area contributed by atoms with Crippen LogP contribution in [0.2, 0.25) is 0 Å². The first-order valence-corrected chi connectivity index (χ1v) is 3.71. The predicted octanol–water partition coefficient (Wildman–Crippen LogP) is -0.453. The second-order valence-electron chi connectivity index (χ2n) is 2.16. The van der Waals surface area contributed by atoms with Crippen molar-refractivity contribution in [1.29, 1.82) is 0 Å². The number of carboxylic acids is 2. The zero-order chi connectivity index (χ0) is 11.7. The van der Waals surface area contributed by atoms with E-state index in [1.54, 1.807) is 18.4 Å². The van der Waals surface area contributed by atoms with Crippen molar-refractivity contribution in [2.75, 3.05) is 0 Å². The first-order chi connectivity index (χ1) is 7.02. The molecule has 0 aromatic carbocycles. The van der Waals surface area contributed by atoms with Crippen molar-refractivity contribution >= 4 is 11.9 Å². The van der Waals surface area contributed by atoms with E-state index in [1.165, 1.54) is 0 Å². The Morgan fingerprint density at radius 1 is 1.33 bits per heavy atom. The molecule has 1 rings (SSSR count). The molecule has 0 saturated carbocycles. The Balaban J connectivity index is 0.000000262. The van der Waals surface area contributed by atoms with Crippen LogP contribution in [0.3, 0.4) is 0 Å². The summed E-state index contributed by atoms with van der Waals surface area (Å²) >= 11 is 0. The van der Waals surface area contributed by atoms with Crippen LogP contribution < -0.4 is 11.2 Å². The monoisotopic (exact) mass is 214 g/mol. The first kappa shape index (κ1) is 12.6. The molecule has 0 bridgehead atoms. The highest BCUT2D eigenvalue weighted by atomic mass is 16.7. The number of hydrogen-bond acceptors (Lipinski definition) is 5. The quantitative estimate of drug-likeness (QED) is 0.459. The topological polar surface area (TPSA) is 122 Å². The number of allylic oxidation sites excluding steroid dienone is 2. The molecule has 5 N–H and O–H groups in total. The minimum absolute atomic E-state index is 0.391. The van der Waals surface area contributed by atoms with E-state index in [2.05, 4.69) is 10.3 Å². The Morgan fingerprint density at radius 3 is 2.07 bits per heavy atom. The number of hydrogen-bond donors (Lipinski definition) is 4. The van der Waals surface area contributed by atoms with E-state index in [0.717, 1.165) is 0 Å². The Hall–Kier alpha value is -2.44. The molecule has 82 valence electrons. The Morgan fingerprint density at radius 2 is 1.87 bits per heavy atom. The average Bonchev–Trinajstić information content (AvgIpc) is 2.17. The molecule has 1 aliphatic heterocycles. The van der Waals surface area contributed by atoms with Gasteiger partial charge in [0.15, 0.2) is 0 Å². The van der Waals surface area contributed by atoms with Gasteiger partial charge in [-0.2, -0.15) is 0 Å². The third-order valence-corrected chi connectivity index (χ3v) is 0.970. The number of hydroxylamine groups is 1. The van der Waals surface area contributed by atoms with Crippen LogP contribution in [0.25, 0.3) is 0 Å². The summed E-state index contributed by atoms with van der Waals surface area (Å²) in [6.07, 6.45) is 6.19. The molecule has 0 unspecified atom stereocenters. The lowest BCUT2D eigenvalue weighted by Crippen LogP contribution is -2.14. The van der Waals surface area contributed by atoms with Gasteiger partial charge in [-0.3, -0.25) is 0 Å². The molecule has 0 aliphatic carbocycles. The van der Waals surface area contributed by atoms with Crippen LogP contribution in [0.15, 0.2) is 36.4 Å². The van der Waals surface area contributed by atoms with E-state index >= 15 is 0 Å². The number of aliphatic carboxylic acids is 2. The molecule has 1 heterocycles. The van der Waals surface area contributed by atoms with Gasteiger partial charge in [0.25, 0.3) is 0 Å². The lowest BCUT2D eigenvalue weighted by Gasteiger charge is -2.04. The molecule has 1 aliphatic rings. The summed E-state index contributed by atoms with van der Waals surface area (Å²) in [5, 5.41) is 15.6. The molecular weight excluding hydrogens is 204 g/mol. The molecule has 7 heteroatoms. The van der Waals surface area contributed by atoms with Gasteiger partial charge >= 0.3 is 11.9 Å². The highest BCUT2D eigenvalue weighted by Crippen LogP contribution is 1.89. The minimum Gasteiger partial charge on any atom is -0.478 e. The fourth-order valence-electron chi connectivity index (χ4n) is 0.461. The second kappa shape index (κ2) is 7.01. The zero-order valence-electron chi connectivity index (χ0n) is 7.58. The van der Waals surface area contributed by atoms with Gasteiger partial charge in [0.05, 0.1) is 0 Å². The van der Waals surface area contributed by atoms with Gasteiger partial charge < -0.3 is 20.8 Å². The van der Waals surface area contributed by atoms with Gasteiger partial charge in [0, 0.05) is 24.4 Å². The van der Waals surface area contributed by atoms with Crippen LogP contribution in [0.5, 0.6) is 0 Å². The maximum atomic E-state index is 9.55. The van der Waals surface area contributed by atoms with Crippen LogP contribution in [-0.4, -0.2) is 22.2 Å². The highest BCUT2D eigenvalue weighted by Gasteiger charge is 1.88. The molecule has 0 amide bonds. The van der Waals surface area contributed by atoms with Crippen molar-refractivity contribution in [3.63, 3.8) is 0 Å². The largest absolute Gasteiger partial charge is 0.478 e. The lowest BCUT2D eigenvalue weighted by atomic mass is 10.5. The van der Waals surface area contributed by atoms with Crippen molar-refractivity contribution in [2.45, 2.75) is 0 Å². The first-order valence-electron chi connectivity index (χ1n) is 3.71. The Labute approximate surface area is 85.1 Å². The fourth-order valence-corrected chi connectivity index (χ4v) is 0.461. The van der Waals surface area contributed by atoms with E-state index in [9.17, 15) is 9.59 Å². The summed E-state index contributed by atoms with van der Waals surface area (Å²) in [5.41, 5.74) is 7.62. The number of carbonyl (C=O) groups is 2. The van der Waals surface area contributed by atoms with Crippen LogP contribution in [0, 0.1) is 0 Å².